The third kappa shape index (κ3) is 4.29. The van der Waals surface area contributed by atoms with E-state index in [1.165, 1.54) is 30.3 Å². The summed E-state index contributed by atoms with van der Waals surface area (Å²) in [7, 11) is -4.00. The Labute approximate surface area is 149 Å². The van der Waals surface area contributed by atoms with Crippen LogP contribution in [-0.4, -0.2) is 8.42 Å². The van der Waals surface area contributed by atoms with Gasteiger partial charge in [-0.25, -0.2) is 12.8 Å². The number of benzene rings is 3. The first kappa shape index (κ1) is 17.3. The van der Waals surface area contributed by atoms with Crippen LogP contribution in [0.3, 0.4) is 0 Å². The molecule has 3 rings (SSSR count). The zero-order valence-corrected chi connectivity index (χ0v) is 14.4. The van der Waals surface area contributed by atoms with Crippen molar-refractivity contribution in [1.29, 1.82) is 0 Å². The van der Waals surface area contributed by atoms with Crippen molar-refractivity contribution in [1.82, 2.24) is 0 Å². The summed E-state index contributed by atoms with van der Waals surface area (Å²) < 4.78 is 46.1. The molecular formula is C18H13ClFNO3S. The molecule has 1 N–H and O–H groups in total. The summed E-state index contributed by atoms with van der Waals surface area (Å²) in [6.45, 7) is 0. The topological polar surface area (TPSA) is 55.4 Å². The number of hydrogen-bond acceptors (Lipinski definition) is 3. The van der Waals surface area contributed by atoms with Crippen LogP contribution in [0.25, 0.3) is 0 Å². The Kier molecular flexibility index (Phi) is 4.92. The van der Waals surface area contributed by atoms with E-state index in [2.05, 4.69) is 4.72 Å². The quantitative estimate of drug-likeness (QED) is 0.675. The molecule has 0 aliphatic heterocycles. The van der Waals surface area contributed by atoms with Crippen LogP contribution in [-0.2, 0) is 10.0 Å². The number of halogens is 2. The molecule has 0 saturated carbocycles. The van der Waals surface area contributed by atoms with Crippen LogP contribution in [0.15, 0.2) is 77.7 Å². The highest BCUT2D eigenvalue weighted by Gasteiger charge is 2.18. The molecule has 0 radical (unpaired) electrons. The number of ether oxygens (including phenoxy) is 1. The van der Waals surface area contributed by atoms with Gasteiger partial charge in [-0.3, -0.25) is 4.72 Å². The molecule has 0 bridgehead atoms. The standard InChI is InChI=1S/C18H13ClFNO3S/c19-13-5-9-15(10-6-13)24-16-11-7-14(8-12-16)21-25(22,23)18-4-2-1-3-17(18)20/h1-12,21H. The minimum atomic E-state index is -4.00. The van der Waals surface area contributed by atoms with Gasteiger partial charge in [0.25, 0.3) is 10.0 Å². The molecule has 4 nitrogen and oxygen atoms in total. The fourth-order valence-electron chi connectivity index (χ4n) is 2.10. The predicted molar refractivity (Wildman–Crippen MR) is 95.2 cm³/mol. The van der Waals surface area contributed by atoms with Gasteiger partial charge in [0.1, 0.15) is 22.2 Å². The van der Waals surface area contributed by atoms with Crippen LogP contribution in [0.1, 0.15) is 0 Å². The highest BCUT2D eigenvalue weighted by atomic mass is 35.5. The third-order valence-electron chi connectivity index (χ3n) is 3.28. The van der Waals surface area contributed by atoms with E-state index >= 15 is 0 Å². The zero-order chi connectivity index (χ0) is 17.9. The second kappa shape index (κ2) is 7.13. The van der Waals surface area contributed by atoms with Crippen molar-refractivity contribution in [2.24, 2.45) is 0 Å². The summed E-state index contributed by atoms with van der Waals surface area (Å²) in [5.74, 6) is 0.318. The maximum Gasteiger partial charge on any atom is 0.264 e. The molecule has 0 atom stereocenters. The molecule has 0 spiro atoms. The van der Waals surface area contributed by atoms with E-state index in [0.29, 0.717) is 22.2 Å². The summed E-state index contributed by atoms with van der Waals surface area (Å²) in [6.07, 6.45) is 0. The SMILES string of the molecule is O=S(=O)(Nc1ccc(Oc2ccc(Cl)cc2)cc1)c1ccccc1F. The summed E-state index contributed by atoms with van der Waals surface area (Å²) in [5, 5.41) is 0.602. The zero-order valence-electron chi connectivity index (χ0n) is 12.8. The number of hydrogen-bond donors (Lipinski definition) is 1. The van der Waals surface area contributed by atoms with Crippen molar-refractivity contribution >= 4 is 27.3 Å². The van der Waals surface area contributed by atoms with Crippen molar-refractivity contribution < 1.29 is 17.5 Å². The first-order valence-electron chi connectivity index (χ1n) is 7.25. The highest BCUT2D eigenvalue weighted by Crippen LogP contribution is 2.25. The van der Waals surface area contributed by atoms with Crippen LogP contribution in [0.5, 0.6) is 11.5 Å². The van der Waals surface area contributed by atoms with Crippen LogP contribution in [0.2, 0.25) is 5.02 Å². The number of anilines is 1. The lowest BCUT2D eigenvalue weighted by molar-refractivity contribution is 0.483. The van der Waals surface area contributed by atoms with Crippen molar-refractivity contribution in [3.8, 4) is 11.5 Å². The fourth-order valence-corrected chi connectivity index (χ4v) is 3.37. The summed E-state index contributed by atoms with van der Waals surface area (Å²) in [6, 6.07) is 18.3. The van der Waals surface area contributed by atoms with Crippen molar-refractivity contribution in [2.45, 2.75) is 4.90 Å². The summed E-state index contributed by atoms with van der Waals surface area (Å²) in [4.78, 5) is -0.406. The molecule has 0 fully saturated rings. The first-order valence-corrected chi connectivity index (χ1v) is 9.11. The molecule has 3 aromatic rings. The van der Waals surface area contributed by atoms with Gasteiger partial charge in [0.05, 0.1) is 0 Å². The molecule has 0 heterocycles. The average molecular weight is 378 g/mol. The Morgan fingerprint density at radius 3 is 2.00 bits per heavy atom. The van der Waals surface area contributed by atoms with E-state index in [1.807, 2.05) is 0 Å². The smallest absolute Gasteiger partial charge is 0.264 e. The Hall–Kier alpha value is -2.57. The number of nitrogens with one attached hydrogen (secondary N) is 1. The van der Waals surface area contributed by atoms with Gasteiger partial charge in [-0.05, 0) is 60.7 Å². The lowest BCUT2D eigenvalue weighted by Gasteiger charge is -2.10. The van der Waals surface area contributed by atoms with Gasteiger partial charge < -0.3 is 4.74 Å². The molecule has 0 aromatic heterocycles. The maximum absolute atomic E-state index is 13.7. The average Bonchev–Trinajstić information content (AvgIpc) is 2.59. The van der Waals surface area contributed by atoms with Crippen LogP contribution in [0, 0.1) is 5.82 Å². The van der Waals surface area contributed by atoms with Gasteiger partial charge >= 0.3 is 0 Å². The lowest BCUT2D eigenvalue weighted by atomic mass is 10.3. The monoisotopic (exact) mass is 377 g/mol. The van der Waals surface area contributed by atoms with Gasteiger partial charge in [-0.15, -0.1) is 0 Å². The Morgan fingerprint density at radius 1 is 0.840 bits per heavy atom. The molecule has 128 valence electrons. The largest absolute Gasteiger partial charge is 0.457 e. The van der Waals surface area contributed by atoms with Gasteiger partial charge in [0.15, 0.2) is 0 Å². The van der Waals surface area contributed by atoms with E-state index < -0.39 is 20.7 Å². The first-order chi connectivity index (χ1) is 11.9. The van der Waals surface area contributed by atoms with E-state index in [1.54, 1.807) is 36.4 Å². The van der Waals surface area contributed by atoms with Crippen LogP contribution >= 0.6 is 11.6 Å². The normalized spacial score (nSPS) is 11.1. The lowest BCUT2D eigenvalue weighted by Crippen LogP contribution is -2.14. The maximum atomic E-state index is 13.7. The van der Waals surface area contributed by atoms with Gasteiger partial charge in [-0.2, -0.15) is 0 Å². The molecule has 3 aromatic carbocycles. The number of sulfonamides is 1. The minimum absolute atomic E-state index is 0.298. The molecule has 0 aliphatic carbocycles. The number of rotatable bonds is 5. The Morgan fingerprint density at radius 2 is 1.40 bits per heavy atom. The van der Waals surface area contributed by atoms with Gasteiger partial charge in [0.2, 0.25) is 0 Å². The minimum Gasteiger partial charge on any atom is -0.457 e. The van der Waals surface area contributed by atoms with Crippen LogP contribution in [0.4, 0.5) is 10.1 Å². The van der Waals surface area contributed by atoms with Crippen molar-refractivity contribution in [2.75, 3.05) is 4.72 Å². The van der Waals surface area contributed by atoms with Crippen molar-refractivity contribution in [3.05, 3.63) is 83.6 Å². The molecular weight excluding hydrogens is 365 g/mol. The van der Waals surface area contributed by atoms with Gasteiger partial charge in [-0.1, -0.05) is 23.7 Å². The Bertz CT molecular complexity index is 974. The fraction of sp³-hybridized carbons (Fsp3) is 0. The van der Waals surface area contributed by atoms with E-state index in [-0.39, 0.29) is 0 Å². The highest BCUT2D eigenvalue weighted by molar-refractivity contribution is 7.92. The molecule has 0 aliphatic rings. The van der Waals surface area contributed by atoms with E-state index in [9.17, 15) is 12.8 Å². The predicted octanol–water partition coefficient (Wildman–Crippen LogP) is 5.07. The molecule has 0 amide bonds. The van der Waals surface area contributed by atoms with Crippen LogP contribution < -0.4 is 9.46 Å². The Balaban J connectivity index is 1.74. The molecule has 0 unspecified atom stereocenters. The molecule has 7 heteroatoms. The molecule has 0 saturated heterocycles. The second-order valence-electron chi connectivity index (χ2n) is 5.12. The summed E-state index contributed by atoms with van der Waals surface area (Å²) in [5.41, 5.74) is 0.298. The second-order valence-corrected chi connectivity index (χ2v) is 7.20. The molecule has 25 heavy (non-hydrogen) atoms. The van der Waals surface area contributed by atoms with E-state index in [0.717, 1.165) is 6.07 Å². The van der Waals surface area contributed by atoms with Crippen molar-refractivity contribution in [3.63, 3.8) is 0 Å². The summed E-state index contributed by atoms with van der Waals surface area (Å²) >= 11 is 5.81. The third-order valence-corrected chi connectivity index (χ3v) is 4.95. The van der Waals surface area contributed by atoms with Gasteiger partial charge in [0, 0.05) is 10.7 Å². The van der Waals surface area contributed by atoms with E-state index in [4.69, 9.17) is 16.3 Å².